The molecule has 2 rings (SSSR count). The van der Waals surface area contributed by atoms with Crippen LogP contribution in [0, 0.1) is 6.92 Å². The van der Waals surface area contributed by atoms with Crippen LogP contribution < -0.4 is 5.73 Å². The van der Waals surface area contributed by atoms with Crippen molar-refractivity contribution in [1.82, 2.24) is 10.1 Å². The van der Waals surface area contributed by atoms with Crippen LogP contribution in [0.15, 0.2) is 33.7 Å². The van der Waals surface area contributed by atoms with E-state index < -0.39 is 0 Å². The molecule has 0 aliphatic carbocycles. The molecule has 0 radical (unpaired) electrons. The van der Waals surface area contributed by atoms with Gasteiger partial charge in [0, 0.05) is 4.90 Å². The van der Waals surface area contributed by atoms with Crippen molar-refractivity contribution in [3.05, 3.63) is 41.5 Å². The van der Waals surface area contributed by atoms with Gasteiger partial charge in [-0.25, -0.2) is 0 Å². The van der Waals surface area contributed by atoms with Crippen LogP contribution in [0.3, 0.4) is 0 Å². The molecule has 0 saturated heterocycles. The SMILES string of the molecule is CC[C@H](N)c1nc(CSc2ccccc2C)no1. The molecule has 4 nitrogen and oxygen atoms in total. The molecule has 0 amide bonds. The van der Waals surface area contributed by atoms with Crippen molar-refractivity contribution in [2.24, 2.45) is 5.73 Å². The minimum Gasteiger partial charge on any atom is -0.338 e. The molecule has 0 fully saturated rings. The van der Waals surface area contributed by atoms with Crippen LogP contribution in [0.5, 0.6) is 0 Å². The number of thioether (sulfide) groups is 1. The van der Waals surface area contributed by atoms with Crippen LogP contribution in [0.1, 0.15) is 36.7 Å². The van der Waals surface area contributed by atoms with Gasteiger partial charge in [-0.2, -0.15) is 4.98 Å². The van der Waals surface area contributed by atoms with Gasteiger partial charge in [-0.3, -0.25) is 0 Å². The molecule has 2 N–H and O–H groups in total. The predicted molar refractivity (Wildman–Crippen MR) is 72.3 cm³/mol. The Balaban J connectivity index is 1.98. The first-order valence-electron chi connectivity index (χ1n) is 5.97. The molecular formula is C13H17N3OS. The zero-order chi connectivity index (χ0) is 13.0. The summed E-state index contributed by atoms with van der Waals surface area (Å²) >= 11 is 1.71. The highest BCUT2D eigenvalue weighted by Crippen LogP contribution is 2.25. The number of rotatable bonds is 5. The molecule has 96 valence electrons. The van der Waals surface area contributed by atoms with Gasteiger partial charge in [-0.05, 0) is 25.0 Å². The number of aromatic nitrogens is 2. The first-order valence-corrected chi connectivity index (χ1v) is 6.95. The maximum Gasteiger partial charge on any atom is 0.243 e. The number of nitrogens with two attached hydrogens (primary N) is 1. The number of aryl methyl sites for hydroxylation is 1. The third-order valence-electron chi connectivity index (χ3n) is 2.69. The molecule has 5 heteroatoms. The second kappa shape index (κ2) is 6.02. The van der Waals surface area contributed by atoms with Gasteiger partial charge in [0.25, 0.3) is 0 Å². The van der Waals surface area contributed by atoms with Crippen molar-refractivity contribution in [3.63, 3.8) is 0 Å². The molecule has 0 spiro atoms. The van der Waals surface area contributed by atoms with Gasteiger partial charge in [-0.15, -0.1) is 11.8 Å². The largest absolute Gasteiger partial charge is 0.338 e. The van der Waals surface area contributed by atoms with Gasteiger partial charge >= 0.3 is 0 Å². The Kier molecular flexibility index (Phi) is 4.38. The first kappa shape index (κ1) is 13.1. The Bertz CT molecular complexity index is 512. The normalized spacial score (nSPS) is 12.6. The molecule has 2 aromatic rings. The summed E-state index contributed by atoms with van der Waals surface area (Å²) in [6.07, 6.45) is 0.798. The van der Waals surface area contributed by atoms with E-state index in [9.17, 15) is 0 Å². The number of hydrogen-bond donors (Lipinski definition) is 1. The summed E-state index contributed by atoms with van der Waals surface area (Å²) in [5.41, 5.74) is 7.10. The van der Waals surface area contributed by atoms with E-state index in [1.807, 2.05) is 19.1 Å². The third-order valence-corrected chi connectivity index (χ3v) is 3.86. The quantitative estimate of drug-likeness (QED) is 0.840. The fourth-order valence-electron chi connectivity index (χ4n) is 1.51. The number of benzene rings is 1. The van der Waals surface area contributed by atoms with Crippen LogP contribution in [-0.2, 0) is 5.75 Å². The highest BCUT2D eigenvalue weighted by Gasteiger charge is 2.12. The Morgan fingerprint density at radius 3 is 2.89 bits per heavy atom. The van der Waals surface area contributed by atoms with Crippen LogP contribution in [0.25, 0.3) is 0 Å². The average Bonchev–Trinajstić information content (AvgIpc) is 2.86. The maximum atomic E-state index is 5.84. The summed E-state index contributed by atoms with van der Waals surface area (Å²) in [4.78, 5) is 5.54. The molecule has 0 saturated carbocycles. The summed E-state index contributed by atoms with van der Waals surface area (Å²) in [7, 11) is 0. The maximum absolute atomic E-state index is 5.84. The second-order valence-corrected chi connectivity index (χ2v) is 5.13. The van der Waals surface area contributed by atoms with Crippen molar-refractivity contribution >= 4 is 11.8 Å². The van der Waals surface area contributed by atoms with Gasteiger partial charge in [0.2, 0.25) is 5.89 Å². The van der Waals surface area contributed by atoms with E-state index >= 15 is 0 Å². The van der Waals surface area contributed by atoms with E-state index in [1.165, 1.54) is 10.5 Å². The van der Waals surface area contributed by atoms with E-state index in [1.54, 1.807) is 11.8 Å². The smallest absolute Gasteiger partial charge is 0.243 e. The number of hydrogen-bond acceptors (Lipinski definition) is 5. The minimum atomic E-state index is -0.158. The minimum absolute atomic E-state index is 0.158. The Morgan fingerprint density at radius 2 is 2.17 bits per heavy atom. The van der Waals surface area contributed by atoms with Gasteiger partial charge in [0.15, 0.2) is 5.82 Å². The lowest BCUT2D eigenvalue weighted by atomic mass is 10.2. The second-order valence-electron chi connectivity index (χ2n) is 4.12. The van der Waals surface area contributed by atoms with Crippen molar-refractivity contribution in [2.45, 2.75) is 37.0 Å². The zero-order valence-electron chi connectivity index (χ0n) is 10.6. The zero-order valence-corrected chi connectivity index (χ0v) is 11.4. The van der Waals surface area contributed by atoms with Crippen LogP contribution in [0.2, 0.25) is 0 Å². The van der Waals surface area contributed by atoms with Crippen molar-refractivity contribution in [3.8, 4) is 0 Å². The summed E-state index contributed by atoms with van der Waals surface area (Å²) < 4.78 is 5.14. The molecule has 0 aliphatic heterocycles. The van der Waals surface area contributed by atoms with Gasteiger partial charge in [0.05, 0.1) is 11.8 Å². The van der Waals surface area contributed by atoms with Gasteiger partial charge in [0.1, 0.15) is 0 Å². The van der Waals surface area contributed by atoms with E-state index in [0.29, 0.717) is 17.5 Å². The van der Waals surface area contributed by atoms with Crippen molar-refractivity contribution < 1.29 is 4.52 Å². The lowest BCUT2D eigenvalue weighted by molar-refractivity contribution is 0.349. The van der Waals surface area contributed by atoms with Crippen LogP contribution in [0.4, 0.5) is 0 Å². The van der Waals surface area contributed by atoms with E-state index in [4.69, 9.17) is 10.3 Å². The monoisotopic (exact) mass is 263 g/mol. The molecule has 1 heterocycles. The van der Waals surface area contributed by atoms with Gasteiger partial charge < -0.3 is 10.3 Å². The molecular weight excluding hydrogens is 246 g/mol. The van der Waals surface area contributed by atoms with Crippen molar-refractivity contribution in [2.75, 3.05) is 0 Å². The molecule has 1 atom stereocenters. The van der Waals surface area contributed by atoms with Crippen molar-refractivity contribution in [1.29, 1.82) is 0 Å². The van der Waals surface area contributed by atoms with E-state index in [0.717, 1.165) is 6.42 Å². The van der Waals surface area contributed by atoms with Crippen LogP contribution in [-0.4, -0.2) is 10.1 Å². The summed E-state index contributed by atoms with van der Waals surface area (Å²) in [5, 5.41) is 3.94. The molecule has 0 bridgehead atoms. The lowest BCUT2D eigenvalue weighted by Crippen LogP contribution is -2.08. The first-order chi connectivity index (χ1) is 8.70. The molecule has 1 aromatic heterocycles. The molecule has 1 aromatic carbocycles. The lowest BCUT2D eigenvalue weighted by Gasteiger charge is -2.02. The number of nitrogens with zero attached hydrogens (tertiary/aromatic N) is 2. The average molecular weight is 263 g/mol. The van der Waals surface area contributed by atoms with E-state index in [-0.39, 0.29) is 6.04 Å². The predicted octanol–water partition coefficient (Wildman–Crippen LogP) is 3.08. The summed E-state index contributed by atoms with van der Waals surface area (Å²) in [6.45, 7) is 4.09. The molecule has 18 heavy (non-hydrogen) atoms. The third kappa shape index (κ3) is 3.11. The van der Waals surface area contributed by atoms with E-state index in [2.05, 4.69) is 29.2 Å². The Labute approximate surface area is 111 Å². The summed E-state index contributed by atoms with van der Waals surface area (Å²) in [5.74, 6) is 1.92. The topological polar surface area (TPSA) is 64.9 Å². The fraction of sp³-hybridized carbons (Fsp3) is 0.385. The van der Waals surface area contributed by atoms with Crippen LogP contribution >= 0.6 is 11.8 Å². The Hall–Kier alpha value is -1.33. The summed E-state index contributed by atoms with van der Waals surface area (Å²) in [6, 6.07) is 8.10. The Morgan fingerprint density at radius 1 is 1.39 bits per heavy atom. The van der Waals surface area contributed by atoms with Gasteiger partial charge in [-0.1, -0.05) is 30.3 Å². The standard InChI is InChI=1S/C13H17N3OS/c1-3-10(14)13-15-12(16-17-13)8-18-11-7-5-4-6-9(11)2/h4-7,10H,3,8,14H2,1-2H3/t10-/m0/s1. The highest BCUT2D eigenvalue weighted by molar-refractivity contribution is 7.98. The fourth-order valence-corrected chi connectivity index (χ4v) is 2.38. The molecule has 0 aliphatic rings. The highest BCUT2D eigenvalue weighted by atomic mass is 32.2. The molecule has 0 unspecified atom stereocenters.